The molecule has 0 radical (unpaired) electrons. The molecule has 7 heteroatoms. The Balaban J connectivity index is 1.78. The Hall–Kier alpha value is -2.67. The average Bonchev–Trinajstić information content (AvgIpc) is 2.64. The van der Waals surface area contributed by atoms with E-state index in [0.29, 0.717) is 16.8 Å². The molecule has 2 bridgehead atoms. The summed E-state index contributed by atoms with van der Waals surface area (Å²) in [7, 11) is 0. The Labute approximate surface area is 169 Å². The Kier molecular flexibility index (Phi) is 4.30. The Morgan fingerprint density at radius 2 is 1.93 bits per heavy atom. The fraction of sp³-hybridized carbons (Fsp3) is 0.381. The SMILES string of the molecule is CC(C)c1ccc(N2C(=S)NC3c4cc([N+](=O)[O-])ccc4OC2(C)C3C)cc1. The number of non-ortho nitro benzene ring substituents is 1. The van der Waals surface area contributed by atoms with Crippen LogP contribution in [0.5, 0.6) is 5.75 Å². The van der Waals surface area contributed by atoms with Gasteiger partial charge in [0.15, 0.2) is 10.8 Å². The van der Waals surface area contributed by atoms with Crippen molar-refractivity contribution in [3.63, 3.8) is 0 Å². The van der Waals surface area contributed by atoms with Crippen LogP contribution in [0.3, 0.4) is 0 Å². The van der Waals surface area contributed by atoms with Crippen molar-refractivity contribution >= 4 is 28.7 Å². The number of ether oxygens (including phenoxy) is 1. The summed E-state index contributed by atoms with van der Waals surface area (Å²) >= 11 is 5.69. The molecule has 1 N–H and O–H groups in total. The molecule has 0 aromatic heterocycles. The summed E-state index contributed by atoms with van der Waals surface area (Å²) in [5.41, 5.74) is 2.35. The van der Waals surface area contributed by atoms with Crippen LogP contribution >= 0.6 is 12.2 Å². The molecule has 2 aliphatic heterocycles. The van der Waals surface area contributed by atoms with Crippen molar-refractivity contribution in [1.82, 2.24) is 5.32 Å². The summed E-state index contributed by atoms with van der Waals surface area (Å²) in [4.78, 5) is 12.8. The molecule has 28 heavy (non-hydrogen) atoms. The van der Waals surface area contributed by atoms with Gasteiger partial charge < -0.3 is 10.1 Å². The van der Waals surface area contributed by atoms with Crippen molar-refractivity contribution < 1.29 is 9.66 Å². The third-order valence-corrected chi connectivity index (χ3v) is 6.25. The quantitative estimate of drug-likeness (QED) is 0.451. The normalized spacial score (nSPS) is 25.8. The number of nitro groups is 1. The summed E-state index contributed by atoms with van der Waals surface area (Å²) in [6.45, 7) is 8.43. The van der Waals surface area contributed by atoms with Crippen LogP contribution in [-0.4, -0.2) is 15.8 Å². The summed E-state index contributed by atoms with van der Waals surface area (Å²) in [6, 6.07) is 13.0. The highest BCUT2D eigenvalue weighted by molar-refractivity contribution is 7.80. The van der Waals surface area contributed by atoms with E-state index in [9.17, 15) is 10.1 Å². The van der Waals surface area contributed by atoms with Crippen LogP contribution < -0.4 is 15.0 Å². The maximum absolute atomic E-state index is 11.2. The minimum Gasteiger partial charge on any atom is -0.467 e. The third-order valence-electron chi connectivity index (χ3n) is 5.94. The minimum atomic E-state index is -0.699. The highest BCUT2D eigenvalue weighted by Crippen LogP contribution is 2.49. The molecule has 3 unspecified atom stereocenters. The van der Waals surface area contributed by atoms with Gasteiger partial charge in [0.05, 0.1) is 11.0 Å². The van der Waals surface area contributed by atoms with Gasteiger partial charge in [-0.25, -0.2) is 0 Å². The second kappa shape index (κ2) is 6.44. The van der Waals surface area contributed by atoms with Gasteiger partial charge >= 0.3 is 0 Å². The van der Waals surface area contributed by atoms with Crippen molar-refractivity contribution in [1.29, 1.82) is 0 Å². The molecule has 2 aliphatic rings. The van der Waals surface area contributed by atoms with Gasteiger partial charge in [-0.05, 0) is 48.8 Å². The molecule has 6 nitrogen and oxygen atoms in total. The lowest BCUT2D eigenvalue weighted by atomic mass is 9.80. The van der Waals surface area contributed by atoms with E-state index in [0.717, 1.165) is 11.3 Å². The molecule has 4 rings (SSSR count). The van der Waals surface area contributed by atoms with Gasteiger partial charge in [0, 0.05) is 29.3 Å². The predicted molar refractivity (Wildman–Crippen MR) is 113 cm³/mol. The molecule has 2 heterocycles. The number of hydrogen-bond donors (Lipinski definition) is 1. The average molecular weight is 398 g/mol. The van der Waals surface area contributed by atoms with Gasteiger partial charge in [-0.3, -0.25) is 15.0 Å². The Bertz CT molecular complexity index is 960. The van der Waals surface area contributed by atoms with E-state index in [2.05, 4.69) is 50.4 Å². The summed E-state index contributed by atoms with van der Waals surface area (Å²) in [5.74, 6) is 1.11. The van der Waals surface area contributed by atoms with Crippen LogP contribution in [0.4, 0.5) is 11.4 Å². The van der Waals surface area contributed by atoms with Gasteiger partial charge in [-0.15, -0.1) is 0 Å². The molecular weight excluding hydrogens is 374 g/mol. The van der Waals surface area contributed by atoms with E-state index in [1.54, 1.807) is 12.1 Å². The second-order valence-corrected chi connectivity index (χ2v) is 8.32. The number of nitrogens with one attached hydrogen (secondary N) is 1. The first-order valence-electron chi connectivity index (χ1n) is 9.40. The minimum absolute atomic E-state index is 0.0125. The van der Waals surface area contributed by atoms with E-state index in [-0.39, 0.29) is 22.6 Å². The molecule has 3 atom stereocenters. The number of nitro benzene ring substituents is 1. The van der Waals surface area contributed by atoms with Gasteiger partial charge in [0.2, 0.25) is 0 Å². The molecule has 0 amide bonds. The summed E-state index contributed by atoms with van der Waals surface area (Å²) in [5, 5.41) is 15.1. The standard InChI is InChI=1S/C21H23N3O3S/c1-12(2)14-5-7-15(8-6-14)23-20(28)22-19-13(3)21(23,4)27-18-10-9-16(24(25)26)11-17(18)19/h5-13,19H,1-4H3,(H,22,28). The molecule has 0 saturated carbocycles. The fourth-order valence-electron chi connectivity index (χ4n) is 4.11. The molecule has 1 saturated heterocycles. The van der Waals surface area contributed by atoms with Crippen molar-refractivity contribution in [2.24, 2.45) is 5.92 Å². The lowest BCUT2D eigenvalue weighted by molar-refractivity contribution is -0.385. The van der Waals surface area contributed by atoms with Crippen molar-refractivity contribution in [2.75, 3.05) is 4.90 Å². The van der Waals surface area contributed by atoms with E-state index in [1.807, 2.05) is 11.8 Å². The number of hydrogen-bond acceptors (Lipinski definition) is 4. The molecular formula is C21H23N3O3S. The second-order valence-electron chi connectivity index (χ2n) is 7.93. The Morgan fingerprint density at radius 1 is 1.25 bits per heavy atom. The number of nitrogens with zero attached hydrogens (tertiary/aromatic N) is 2. The zero-order chi connectivity index (χ0) is 20.2. The zero-order valence-corrected chi connectivity index (χ0v) is 17.1. The van der Waals surface area contributed by atoms with Gasteiger partial charge in [0.25, 0.3) is 5.69 Å². The molecule has 2 aromatic carbocycles. The maximum atomic E-state index is 11.2. The number of fused-ring (bicyclic) bond motifs is 4. The first-order valence-corrected chi connectivity index (χ1v) is 9.81. The van der Waals surface area contributed by atoms with Crippen LogP contribution in [0.1, 0.15) is 50.8 Å². The van der Waals surface area contributed by atoms with Crippen molar-refractivity contribution in [2.45, 2.75) is 45.4 Å². The van der Waals surface area contributed by atoms with E-state index < -0.39 is 5.72 Å². The fourth-order valence-corrected chi connectivity index (χ4v) is 4.53. The van der Waals surface area contributed by atoms with E-state index in [4.69, 9.17) is 17.0 Å². The monoisotopic (exact) mass is 397 g/mol. The zero-order valence-electron chi connectivity index (χ0n) is 16.3. The largest absolute Gasteiger partial charge is 0.467 e. The van der Waals surface area contributed by atoms with Crippen LogP contribution in [0.15, 0.2) is 42.5 Å². The lowest BCUT2D eigenvalue weighted by Crippen LogP contribution is -2.69. The summed E-state index contributed by atoms with van der Waals surface area (Å²) < 4.78 is 6.43. The highest BCUT2D eigenvalue weighted by atomic mass is 32.1. The van der Waals surface area contributed by atoms with Crippen LogP contribution in [0.25, 0.3) is 0 Å². The smallest absolute Gasteiger partial charge is 0.270 e. The van der Waals surface area contributed by atoms with Crippen LogP contribution in [0.2, 0.25) is 0 Å². The molecule has 1 fully saturated rings. The van der Waals surface area contributed by atoms with Gasteiger partial charge in [-0.1, -0.05) is 32.9 Å². The van der Waals surface area contributed by atoms with E-state index in [1.165, 1.54) is 11.6 Å². The molecule has 0 spiro atoms. The maximum Gasteiger partial charge on any atom is 0.270 e. The lowest BCUT2D eigenvalue weighted by Gasteiger charge is -2.56. The number of benzene rings is 2. The topological polar surface area (TPSA) is 67.6 Å². The first-order chi connectivity index (χ1) is 13.2. The van der Waals surface area contributed by atoms with Crippen LogP contribution in [0, 0.1) is 16.0 Å². The Morgan fingerprint density at radius 3 is 2.54 bits per heavy atom. The van der Waals surface area contributed by atoms with Crippen LogP contribution in [-0.2, 0) is 0 Å². The third kappa shape index (κ3) is 2.73. The van der Waals surface area contributed by atoms with Gasteiger partial charge in [0.1, 0.15) is 5.75 Å². The first kappa shape index (κ1) is 18.7. The number of anilines is 1. The predicted octanol–water partition coefficient (Wildman–Crippen LogP) is 4.90. The van der Waals surface area contributed by atoms with E-state index >= 15 is 0 Å². The van der Waals surface area contributed by atoms with Gasteiger partial charge in [-0.2, -0.15) is 0 Å². The van der Waals surface area contributed by atoms with Crippen molar-refractivity contribution in [3.8, 4) is 5.75 Å². The molecule has 146 valence electrons. The highest BCUT2D eigenvalue weighted by Gasteiger charge is 2.54. The molecule has 2 aromatic rings. The molecule has 0 aliphatic carbocycles. The number of thiocarbonyl (C=S) groups is 1. The summed E-state index contributed by atoms with van der Waals surface area (Å²) in [6.07, 6.45) is 0. The number of rotatable bonds is 3. The van der Waals surface area contributed by atoms with Crippen molar-refractivity contribution in [3.05, 3.63) is 63.7 Å².